The Kier molecular flexibility index (Phi) is 4.96. The van der Waals surface area contributed by atoms with Crippen molar-refractivity contribution in [3.8, 4) is 5.75 Å². The summed E-state index contributed by atoms with van der Waals surface area (Å²) >= 11 is 0. The van der Waals surface area contributed by atoms with Gasteiger partial charge in [-0.15, -0.1) is 0 Å². The molecule has 0 amide bonds. The molecule has 0 spiro atoms. The van der Waals surface area contributed by atoms with E-state index in [9.17, 15) is 0 Å². The van der Waals surface area contributed by atoms with Crippen LogP contribution >= 0.6 is 0 Å². The highest BCUT2D eigenvalue weighted by molar-refractivity contribution is 6.24. The standard InChI is InChI=1S/C30H26N2O2/c1-19-8-10-20(11-9-19)29(31-22-12-14-23(33-3)15-13-22)28-26-18-34-17-21(26)16-25-24-6-4-5-7-27(24)32(2)30(25)28/h4-16H,17-18H2,1-3H3. The Morgan fingerprint density at radius 3 is 2.44 bits per heavy atom. The summed E-state index contributed by atoms with van der Waals surface area (Å²) in [4.78, 5) is 5.24. The van der Waals surface area contributed by atoms with E-state index in [1.165, 1.54) is 38.5 Å². The lowest BCUT2D eigenvalue weighted by atomic mass is 9.92. The first-order valence-electron chi connectivity index (χ1n) is 11.5. The molecule has 4 heteroatoms. The fourth-order valence-corrected chi connectivity index (χ4v) is 5.01. The van der Waals surface area contributed by atoms with Gasteiger partial charge in [-0.05, 0) is 54.4 Å². The Morgan fingerprint density at radius 2 is 1.68 bits per heavy atom. The predicted octanol–water partition coefficient (Wildman–Crippen LogP) is 6.85. The van der Waals surface area contributed by atoms with Crippen molar-refractivity contribution >= 4 is 33.2 Å². The van der Waals surface area contributed by atoms with Crippen molar-refractivity contribution in [2.75, 3.05) is 7.11 Å². The molecule has 2 heterocycles. The second-order valence-corrected chi connectivity index (χ2v) is 8.88. The van der Waals surface area contributed by atoms with Gasteiger partial charge in [-0.3, -0.25) is 0 Å². The molecule has 168 valence electrons. The Hall–Kier alpha value is -3.89. The van der Waals surface area contributed by atoms with E-state index in [2.05, 4.69) is 73.1 Å². The average Bonchev–Trinajstić information content (AvgIpc) is 3.46. The Morgan fingerprint density at radius 1 is 0.912 bits per heavy atom. The van der Waals surface area contributed by atoms with Crippen LogP contribution in [0.5, 0.6) is 5.75 Å². The van der Waals surface area contributed by atoms with Crippen molar-refractivity contribution in [3.05, 3.63) is 107 Å². The molecule has 6 rings (SSSR count). The minimum absolute atomic E-state index is 0.593. The topological polar surface area (TPSA) is 35.8 Å². The summed E-state index contributed by atoms with van der Waals surface area (Å²) in [5.74, 6) is 0.820. The van der Waals surface area contributed by atoms with Gasteiger partial charge >= 0.3 is 0 Å². The van der Waals surface area contributed by atoms with Crippen LogP contribution in [0.25, 0.3) is 21.8 Å². The molecule has 0 N–H and O–H groups in total. The SMILES string of the molecule is COc1ccc(N=C(c2ccc(C)cc2)c2c3c(cc4c5ccccc5n(C)c24)COC3)cc1. The minimum atomic E-state index is 0.593. The molecule has 0 aliphatic carbocycles. The van der Waals surface area contributed by atoms with Gasteiger partial charge in [-0.2, -0.15) is 0 Å². The second kappa shape index (κ2) is 8.15. The molecule has 0 unspecified atom stereocenters. The van der Waals surface area contributed by atoms with Crippen molar-refractivity contribution in [1.82, 2.24) is 4.57 Å². The van der Waals surface area contributed by atoms with Crippen LogP contribution < -0.4 is 4.74 Å². The molecule has 5 aromatic rings. The fourth-order valence-electron chi connectivity index (χ4n) is 5.01. The van der Waals surface area contributed by atoms with Gasteiger partial charge < -0.3 is 14.0 Å². The van der Waals surface area contributed by atoms with E-state index >= 15 is 0 Å². The summed E-state index contributed by atoms with van der Waals surface area (Å²) in [6.45, 7) is 3.33. The van der Waals surface area contributed by atoms with Crippen molar-refractivity contribution < 1.29 is 9.47 Å². The number of benzene rings is 4. The minimum Gasteiger partial charge on any atom is -0.497 e. The molecule has 4 aromatic carbocycles. The molecule has 1 aliphatic heterocycles. The highest BCUT2D eigenvalue weighted by Crippen LogP contribution is 2.38. The molecule has 0 atom stereocenters. The van der Waals surface area contributed by atoms with E-state index in [-0.39, 0.29) is 0 Å². The van der Waals surface area contributed by atoms with Crippen LogP contribution in [0.15, 0.2) is 83.9 Å². The Balaban J connectivity index is 1.71. The van der Waals surface area contributed by atoms with Gasteiger partial charge in [0.2, 0.25) is 0 Å². The van der Waals surface area contributed by atoms with Crippen molar-refractivity contribution in [2.45, 2.75) is 20.1 Å². The first-order valence-corrected chi connectivity index (χ1v) is 11.5. The lowest BCUT2D eigenvalue weighted by Crippen LogP contribution is -2.10. The van der Waals surface area contributed by atoms with Gasteiger partial charge in [0.15, 0.2) is 0 Å². The molecule has 0 saturated heterocycles. The monoisotopic (exact) mass is 446 g/mol. The predicted molar refractivity (Wildman–Crippen MR) is 138 cm³/mol. The first-order chi connectivity index (χ1) is 16.6. The molecule has 0 saturated carbocycles. The average molecular weight is 447 g/mol. The van der Waals surface area contributed by atoms with E-state index in [1.54, 1.807) is 7.11 Å². The van der Waals surface area contributed by atoms with Crippen LogP contribution in [0, 0.1) is 6.92 Å². The van der Waals surface area contributed by atoms with Gasteiger partial charge in [0.05, 0.1) is 37.2 Å². The van der Waals surface area contributed by atoms with Crippen LogP contribution in [0.1, 0.15) is 27.8 Å². The molecule has 0 radical (unpaired) electrons. The number of hydrogen-bond acceptors (Lipinski definition) is 3. The van der Waals surface area contributed by atoms with Crippen LogP contribution in [-0.2, 0) is 25.0 Å². The first kappa shape index (κ1) is 20.7. The molecule has 1 aliphatic rings. The number of para-hydroxylation sites is 1. The summed E-state index contributed by atoms with van der Waals surface area (Å²) < 4.78 is 13.6. The Labute approximate surface area is 199 Å². The van der Waals surface area contributed by atoms with Gasteiger partial charge in [0.25, 0.3) is 0 Å². The van der Waals surface area contributed by atoms with E-state index < -0.39 is 0 Å². The molecule has 4 nitrogen and oxygen atoms in total. The lowest BCUT2D eigenvalue weighted by Gasteiger charge is -2.16. The summed E-state index contributed by atoms with van der Waals surface area (Å²) in [6.07, 6.45) is 0. The molecule has 0 fully saturated rings. The maximum absolute atomic E-state index is 5.95. The normalized spacial score (nSPS) is 13.6. The van der Waals surface area contributed by atoms with Crippen LogP contribution in [0.4, 0.5) is 5.69 Å². The van der Waals surface area contributed by atoms with Crippen molar-refractivity contribution in [1.29, 1.82) is 0 Å². The van der Waals surface area contributed by atoms with E-state index in [4.69, 9.17) is 14.5 Å². The fraction of sp³-hybridized carbons (Fsp3) is 0.167. The number of rotatable bonds is 4. The van der Waals surface area contributed by atoms with E-state index in [0.717, 1.165) is 28.3 Å². The third-order valence-electron chi connectivity index (χ3n) is 6.77. The number of fused-ring (bicyclic) bond motifs is 4. The highest BCUT2D eigenvalue weighted by Gasteiger charge is 2.26. The molecule has 1 aromatic heterocycles. The number of nitrogens with zero attached hydrogens (tertiary/aromatic N) is 2. The van der Waals surface area contributed by atoms with E-state index in [1.807, 2.05) is 24.3 Å². The zero-order valence-corrected chi connectivity index (χ0v) is 19.6. The molecular formula is C30H26N2O2. The highest BCUT2D eigenvalue weighted by atomic mass is 16.5. The van der Waals surface area contributed by atoms with Gasteiger partial charge in [0.1, 0.15) is 5.75 Å². The molecular weight excluding hydrogens is 420 g/mol. The molecule has 0 bridgehead atoms. The summed E-state index contributed by atoms with van der Waals surface area (Å²) in [5, 5.41) is 2.50. The Bertz CT molecular complexity index is 1560. The van der Waals surface area contributed by atoms with Crippen LogP contribution in [0.3, 0.4) is 0 Å². The second-order valence-electron chi connectivity index (χ2n) is 8.88. The summed E-state index contributed by atoms with van der Waals surface area (Å²) in [7, 11) is 3.83. The largest absolute Gasteiger partial charge is 0.497 e. The quantitative estimate of drug-likeness (QED) is 0.283. The number of aromatic nitrogens is 1. The zero-order chi connectivity index (χ0) is 23.2. The van der Waals surface area contributed by atoms with Gasteiger partial charge in [-0.1, -0.05) is 48.0 Å². The number of methoxy groups -OCH3 is 1. The number of aryl methyl sites for hydroxylation is 2. The van der Waals surface area contributed by atoms with Crippen molar-refractivity contribution in [2.24, 2.45) is 12.0 Å². The summed E-state index contributed by atoms with van der Waals surface area (Å²) in [5.41, 5.74) is 10.2. The third-order valence-corrected chi connectivity index (χ3v) is 6.77. The summed E-state index contributed by atoms with van der Waals surface area (Å²) in [6, 6.07) is 27.5. The van der Waals surface area contributed by atoms with Crippen molar-refractivity contribution in [3.63, 3.8) is 0 Å². The van der Waals surface area contributed by atoms with Gasteiger partial charge in [0, 0.05) is 34.5 Å². The third kappa shape index (κ3) is 3.30. The number of aliphatic imine (C=N–C) groups is 1. The maximum atomic E-state index is 5.95. The molecule has 34 heavy (non-hydrogen) atoms. The number of hydrogen-bond donors (Lipinski definition) is 0. The number of ether oxygens (including phenoxy) is 2. The van der Waals surface area contributed by atoms with Gasteiger partial charge in [-0.25, -0.2) is 4.99 Å². The maximum Gasteiger partial charge on any atom is 0.119 e. The van der Waals surface area contributed by atoms with Crippen LogP contribution in [0.2, 0.25) is 0 Å². The smallest absolute Gasteiger partial charge is 0.119 e. The van der Waals surface area contributed by atoms with E-state index in [0.29, 0.717) is 13.2 Å². The zero-order valence-electron chi connectivity index (χ0n) is 19.6. The lowest BCUT2D eigenvalue weighted by molar-refractivity contribution is 0.134. The van der Waals surface area contributed by atoms with Crippen LogP contribution in [-0.4, -0.2) is 17.4 Å².